The Hall–Kier alpha value is -2.61. The summed E-state index contributed by atoms with van der Waals surface area (Å²) in [6, 6.07) is 19.6. The zero-order valence-corrected chi connectivity index (χ0v) is 13.7. The van der Waals surface area contributed by atoms with Crippen molar-refractivity contribution < 1.29 is 0 Å². The van der Waals surface area contributed by atoms with Crippen molar-refractivity contribution in [2.45, 2.75) is 19.8 Å². The van der Waals surface area contributed by atoms with Crippen molar-refractivity contribution in [3.05, 3.63) is 77.6 Å². The van der Waals surface area contributed by atoms with Crippen molar-refractivity contribution in [3.63, 3.8) is 0 Å². The highest BCUT2D eigenvalue weighted by atomic mass is 14.9. The third kappa shape index (κ3) is 2.31. The average Bonchev–Trinajstić information content (AvgIpc) is 2.94. The fraction of sp³-hybridized carbons (Fsp3) is 0.190. The van der Waals surface area contributed by atoms with Crippen LogP contribution in [0.5, 0.6) is 0 Å². The Kier molecular flexibility index (Phi) is 3.19. The van der Waals surface area contributed by atoms with E-state index in [1.165, 1.54) is 27.4 Å². The smallest absolute Gasteiger partial charge is 0.0708 e. The first-order valence-corrected chi connectivity index (χ1v) is 8.05. The molecule has 23 heavy (non-hydrogen) atoms. The van der Waals surface area contributed by atoms with E-state index in [1.54, 1.807) is 0 Å². The zero-order valence-electron chi connectivity index (χ0n) is 13.7. The largest absolute Gasteiger partial charge is 0.351 e. The van der Waals surface area contributed by atoms with Gasteiger partial charge in [-0.05, 0) is 53.8 Å². The minimum absolute atomic E-state index is 0.339. The van der Waals surface area contributed by atoms with Gasteiger partial charge in [0.2, 0.25) is 0 Å². The molecular weight excluding hydrogens is 280 g/mol. The normalized spacial score (nSPS) is 12.8. The van der Waals surface area contributed by atoms with E-state index < -0.39 is 0 Å². The summed E-state index contributed by atoms with van der Waals surface area (Å²) in [6.07, 6.45) is 2.12. The first-order valence-electron chi connectivity index (χ1n) is 8.05. The van der Waals surface area contributed by atoms with Gasteiger partial charge < -0.3 is 4.57 Å². The molecule has 2 aromatic carbocycles. The van der Waals surface area contributed by atoms with E-state index >= 15 is 0 Å². The molecule has 114 valence electrons. The third-order valence-electron chi connectivity index (χ3n) is 4.75. The van der Waals surface area contributed by atoms with Gasteiger partial charge in [0.1, 0.15) is 0 Å². The van der Waals surface area contributed by atoms with Gasteiger partial charge in [-0.1, -0.05) is 31.2 Å². The van der Waals surface area contributed by atoms with Gasteiger partial charge in [-0.15, -0.1) is 0 Å². The molecular formula is C21H20N2. The van der Waals surface area contributed by atoms with Crippen LogP contribution in [0.1, 0.15) is 29.7 Å². The molecule has 4 rings (SSSR count). The Bertz CT molecular complexity index is 1010. The van der Waals surface area contributed by atoms with E-state index in [-0.39, 0.29) is 0 Å². The molecule has 0 spiro atoms. The van der Waals surface area contributed by atoms with Crippen LogP contribution in [-0.4, -0.2) is 9.55 Å². The number of aryl methyl sites for hydroxylation is 2. The van der Waals surface area contributed by atoms with Gasteiger partial charge in [-0.2, -0.15) is 0 Å². The molecule has 2 nitrogen and oxygen atoms in total. The van der Waals surface area contributed by atoms with Crippen LogP contribution in [0, 0.1) is 6.92 Å². The third-order valence-corrected chi connectivity index (χ3v) is 4.75. The number of benzene rings is 2. The lowest BCUT2D eigenvalue weighted by atomic mass is 9.89. The highest BCUT2D eigenvalue weighted by Crippen LogP contribution is 2.32. The molecule has 0 radical (unpaired) electrons. The molecule has 0 aliphatic rings. The van der Waals surface area contributed by atoms with E-state index in [0.29, 0.717) is 5.92 Å². The van der Waals surface area contributed by atoms with Gasteiger partial charge in [-0.25, -0.2) is 0 Å². The Morgan fingerprint density at radius 3 is 2.70 bits per heavy atom. The lowest BCUT2D eigenvalue weighted by molar-refractivity contribution is 0.926. The molecule has 0 saturated heterocycles. The maximum atomic E-state index is 4.66. The maximum Gasteiger partial charge on any atom is 0.0708 e. The summed E-state index contributed by atoms with van der Waals surface area (Å²) < 4.78 is 2.16. The first-order chi connectivity index (χ1) is 11.1. The number of pyridine rings is 1. The number of para-hydroxylation sites is 1. The Morgan fingerprint density at radius 2 is 1.83 bits per heavy atom. The quantitative estimate of drug-likeness (QED) is 0.498. The van der Waals surface area contributed by atoms with Crippen LogP contribution >= 0.6 is 0 Å². The molecule has 1 unspecified atom stereocenters. The van der Waals surface area contributed by atoms with E-state index in [4.69, 9.17) is 0 Å². The molecule has 2 heteroatoms. The second-order valence-corrected chi connectivity index (χ2v) is 6.34. The summed E-state index contributed by atoms with van der Waals surface area (Å²) in [5, 5.41) is 2.55. The number of fused-ring (bicyclic) bond motifs is 2. The highest BCUT2D eigenvalue weighted by Gasteiger charge is 2.14. The van der Waals surface area contributed by atoms with Crippen molar-refractivity contribution in [1.82, 2.24) is 9.55 Å². The fourth-order valence-corrected chi connectivity index (χ4v) is 3.45. The second kappa shape index (κ2) is 5.24. The van der Waals surface area contributed by atoms with Gasteiger partial charge in [0.25, 0.3) is 0 Å². The van der Waals surface area contributed by atoms with Gasteiger partial charge in [0.05, 0.1) is 5.52 Å². The van der Waals surface area contributed by atoms with Crippen molar-refractivity contribution in [2.75, 3.05) is 0 Å². The standard InChI is InChI=1S/C21H20N2/c1-14-12-19(18-6-4-5-7-20(18)22-14)15(2)16-8-9-21-17(13-16)10-11-23(21)3/h4-13,15H,1-3H3. The van der Waals surface area contributed by atoms with Crippen LogP contribution in [0.3, 0.4) is 0 Å². The summed E-state index contributed by atoms with van der Waals surface area (Å²) >= 11 is 0. The Morgan fingerprint density at radius 1 is 1.00 bits per heavy atom. The molecule has 0 N–H and O–H groups in total. The van der Waals surface area contributed by atoms with Crippen molar-refractivity contribution >= 4 is 21.8 Å². The SMILES string of the molecule is Cc1cc(C(C)c2ccc3c(ccn3C)c2)c2ccccc2n1. The number of hydrogen-bond donors (Lipinski definition) is 0. The first kappa shape index (κ1) is 14.0. The summed E-state index contributed by atoms with van der Waals surface area (Å²) in [6.45, 7) is 4.36. The van der Waals surface area contributed by atoms with Crippen LogP contribution in [0.2, 0.25) is 0 Å². The molecule has 0 amide bonds. The lowest BCUT2D eigenvalue weighted by Crippen LogP contribution is -2.00. The average molecular weight is 300 g/mol. The minimum atomic E-state index is 0.339. The topological polar surface area (TPSA) is 17.8 Å². The van der Waals surface area contributed by atoms with Crippen molar-refractivity contribution in [1.29, 1.82) is 0 Å². The number of hydrogen-bond acceptors (Lipinski definition) is 1. The lowest BCUT2D eigenvalue weighted by Gasteiger charge is -2.16. The van der Waals surface area contributed by atoms with Gasteiger partial charge >= 0.3 is 0 Å². The predicted octanol–water partition coefficient (Wildman–Crippen LogP) is 5.19. The van der Waals surface area contributed by atoms with Crippen molar-refractivity contribution in [2.24, 2.45) is 7.05 Å². The molecule has 0 aliphatic carbocycles. The molecule has 0 saturated carbocycles. The zero-order chi connectivity index (χ0) is 16.0. The van der Waals surface area contributed by atoms with Crippen LogP contribution in [0.4, 0.5) is 0 Å². The van der Waals surface area contributed by atoms with E-state index in [9.17, 15) is 0 Å². The van der Waals surface area contributed by atoms with Gasteiger partial charge in [0.15, 0.2) is 0 Å². The molecule has 2 heterocycles. The summed E-state index contributed by atoms with van der Waals surface area (Å²) in [7, 11) is 2.09. The molecule has 0 aliphatic heterocycles. The Balaban J connectivity index is 1.88. The molecule has 0 bridgehead atoms. The van der Waals surface area contributed by atoms with Gasteiger partial charge in [-0.3, -0.25) is 4.98 Å². The number of nitrogens with zero attached hydrogens (tertiary/aromatic N) is 2. The predicted molar refractivity (Wildman–Crippen MR) is 96.9 cm³/mol. The minimum Gasteiger partial charge on any atom is -0.351 e. The number of aromatic nitrogens is 2. The highest BCUT2D eigenvalue weighted by molar-refractivity contribution is 5.84. The molecule has 0 fully saturated rings. The van der Waals surface area contributed by atoms with E-state index in [2.05, 4.69) is 91.2 Å². The molecule has 2 aromatic heterocycles. The summed E-state index contributed by atoms with van der Waals surface area (Å²) in [5.41, 5.74) is 6.13. The second-order valence-electron chi connectivity index (χ2n) is 6.34. The van der Waals surface area contributed by atoms with Crippen molar-refractivity contribution in [3.8, 4) is 0 Å². The van der Waals surface area contributed by atoms with Crippen LogP contribution in [0.15, 0.2) is 60.8 Å². The maximum absolute atomic E-state index is 4.66. The monoisotopic (exact) mass is 300 g/mol. The fourth-order valence-electron chi connectivity index (χ4n) is 3.45. The molecule has 4 aromatic rings. The summed E-state index contributed by atoms with van der Waals surface area (Å²) in [4.78, 5) is 4.66. The van der Waals surface area contributed by atoms with Crippen LogP contribution in [0.25, 0.3) is 21.8 Å². The number of rotatable bonds is 2. The molecule has 1 atom stereocenters. The van der Waals surface area contributed by atoms with E-state index in [0.717, 1.165) is 11.2 Å². The van der Waals surface area contributed by atoms with Crippen LogP contribution < -0.4 is 0 Å². The Labute approximate surface area is 136 Å². The summed E-state index contributed by atoms with van der Waals surface area (Å²) in [5.74, 6) is 0.339. The van der Waals surface area contributed by atoms with E-state index in [1.807, 2.05) is 0 Å². The van der Waals surface area contributed by atoms with Crippen LogP contribution in [-0.2, 0) is 7.05 Å². The van der Waals surface area contributed by atoms with Gasteiger partial charge in [0, 0.05) is 35.8 Å².